The summed E-state index contributed by atoms with van der Waals surface area (Å²) in [6, 6.07) is 55.2. The van der Waals surface area contributed by atoms with Crippen molar-refractivity contribution in [3.05, 3.63) is 175 Å². The number of aromatic nitrogens is 1. The largest absolute Gasteiger partial charge is 0.349 e. The third kappa shape index (κ3) is 4.91. The van der Waals surface area contributed by atoms with Gasteiger partial charge in [-0.2, -0.15) is 0 Å². The molecular weight excluding hydrogens is 536 g/mol. The molecule has 7 aromatic rings. The van der Waals surface area contributed by atoms with Crippen molar-refractivity contribution < 1.29 is 0 Å². The SMILES string of the molecule is c1ccc(-c2cccc(C3NC(c4ccc5ccccc5c4)=NC(c4ccc(-c5ccccc5)c5ccccc45)N3)n2)cc1. The first kappa shape index (κ1) is 26.1. The second-order valence-electron chi connectivity index (χ2n) is 11.1. The van der Waals surface area contributed by atoms with Crippen LogP contribution in [-0.4, -0.2) is 10.8 Å². The molecule has 2 heterocycles. The van der Waals surface area contributed by atoms with Gasteiger partial charge in [0.25, 0.3) is 0 Å². The molecule has 1 aromatic heterocycles. The van der Waals surface area contributed by atoms with E-state index in [2.05, 4.69) is 150 Å². The molecule has 8 rings (SSSR count). The van der Waals surface area contributed by atoms with Gasteiger partial charge in [-0.3, -0.25) is 5.32 Å². The number of nitrogens with zero attached hydrogens (tertiary/aromatic N) is 2. The highest BCUT2D eigenvalue weighted by Gasteiger charge is 2.28. The quantitative estimate of drug-likeness (QED) is 0.219. The van der Waals surface area contributed by atoms with Gasteiger partial charge in [0, 0.05) is 11.1 Å². The minimum atomic E-state index is -0.292. The Balaban J connectivity index is 1.26. The van der Waals surface area contributed by atoms with Gasteiger partial charge in [0.2, 0.25) is 0 Å². The van der Waals surface area contributed by atoms with Crippen LogP contribution < -0.4 is 10.6 Å². The van der Waals surface area contributed by atoms with E-state index < -0.39 is 0 Å². The van der Waals surface area contributed by atoms with Gasteiger partial charge in [0.15, 0.2) is 0 Å². The Morgan fingerprint density at radius 2 is 1.20 bits per heavy atom. The number of fused-ring (bicyclic) bond motifs is 2. The summed E-state index contributed by atoms with van der Waals surface area (Å²) in [6.07, 6.45) is -0.546. The highest BCUT2D eigenvalue weighted by Crippen LogP contribution is 2.36. The van der Waals surface area contributed by atoms with Crippen molar-refractivity contribution in [1.29, 1.82) is 0 Å². The number of benzene rings is 6. The molecule has 0 radical (unpaired) electrons. The minimum absolute atomic E-state index is 0.254. The average molecular weight is 567 g/mol. The summed E-state index contributed by atoms with van der Waals surface area (Å²) in [5.74, 6) is 0.840. The molecule has 0 saturated carbocycles. The smallest absolute Gasteiger partial charge is 0.131 e. The highest BCUT2D eigenvalue weighted by molar-refractivity contribution is 6.03. The Morgan fingerprint density at radius 3 is 2.02 bits per heavy atom. The molecule has 4 heteroatoms. The fraction of sp³-hybridized carbons (Fsp3) is 0.0500. The number of hydrogen-bond donors (Lipinski definition) is 2. The summed E-state index contributed by atoms with van der Waals surface area (Å²) in [5, 5.41) is 12.3. The van der Waals surface area contributed by atoms with E-state index >= 15 is 0 Å². The molecular formula is C40H30N4. The summed E-state index contributed by atoms with van der Waals surface area (Å²) >= 11 is 0. The predicted octanol–water partition coefficient (Wildman–Crippen LogP) is 9.06. The lowest BCUT2D eigenvalue weighted by molar-refractivity contribution is 0.403. The highest BCUT2D eigenvalue weighted by atomic mass is 15.3. The molecule has 1 aliphatic rings. The van der Waals surface area contributed by atoms with Gasteiger partial charge in [-0.15, -0.1) is 0 Å². The van der Waals surface area contributed by atoms with Gasteiger partial charge in [-0.25, -0.2) is 9.98 Å². The first-order valence-electron chi connectivity index (χ1n) is 15.0. The van der Waals surface area contributed by atoms with Crippen LogP contribution in [0.4, 0.5) is 0 Å². The third-order valence-corrected chi connectivity index (χ3v) is 8.36. The van der Waals surface area contributed by atoms with Crippen LogP contribution in [0.5, 0.6) is 0 Å². The average Bonchev–Trinajstić information content (AvgIpc) is 3.11. The normalized spacial score (nSPS) is 16.4. The monoisotopic (exact) mass is 566 g/mol. The Bertz CT molecular complexity index is 2140. The molecule has 1 aliphatic heterocycles. The van der Waals surface area contributed by atoms with Crippen molar-refractivity contribution in [1.82, 2.24) is 15.6 Å². The van der Waals surface area contributed by atoms with Crippen molar-refractivity contribution in [3.8, 4) is 22.4 Å². The number of pyridine rings is 1. The molecule has 6 aromatic carbocycles. The number of rotatable bonds is 5. The fourth-order valence-electron chi connectivity index (χ4n) is 6.17. The fourth-order valence-corrected chi connectivity index (χ4v) is 6.17. The van der Waals surface area contributed by atoms with Crippen molar-refractivity contribution in [3.63, 3.8) is 0 Å². The molecule has 4 nitrogen and oxygen atoms in total. The molecule has 2 unspecified atom stereocenters. The standard InChI is InChI=1S/C40H30N4/c1-3-13-28(14-4-1)32-24-25-35(34-19-10-9-18-33(32)34)39-42-38(31-23-22-27-12-7-8-17-30(27)26-31)43-40(44-39)37-21-11-20-36(41-37)29-15-5-2-6-16-29/h1-26,39-40,44H,(H,42,43). The number of hydrogen-bond acceptors (Lipinski definition) is 4. The van der Waals surface area contributed by atoms with E-state index in [0.717, 1.165) is 33.9 Å². The molecule has 0 aliphatic carbocycles. The van der Waals surface area contributed by atoms with Crippen LogP contribution in [-0.2, 0) is 0 Å². The number of nitrogens with one attached hydrogen (secondary N) is 2. The molecule has 210 valence electrons. The summed E-state index contributed by atoms with van der Waals surface area (Å²) < 4.78 is 0. The van der Waals surface area contributed by atoms with Crippen LogP contribution in [0.3, 0.4) is 0 Å². The Labute approximate surface area is 256 Å². The van der Waals surface area contributed by atoms with E-state index in [9.17, 15) is 0 Å². The van der Waals surface area contributed by atoms with Crippen LogP contribution in [0.25, 0.3) is 43.9 Å². The number of amidine groups is 1. The summed E-state index contributed by atoms with van der Waals surface area (Å²) in [7, 11) is 0. The first-order valence-corrected chi connectivity index (χ1v) is 15.0. The summed E-state index contributed by atoms with van der Waals surface area (Å²) in [4.78, 5) is 10.4. The molecule has 2 atom stereocenters. The summed E-state index contributed by atoms with van der Waals surface area (Å²) in [6.45, 7) is 0. The zero-order chi connectivity index (χ0) is 29.3. The van der Waals surface area contributed by atoms with Crippen molar-refractivity contribution in [2.75, 3.05) is 0 Å². The maximum Gasteiger partial charge on any atom is 0.131 e. The van der Waals surface area contributed by atoms with E-state index in [1.54, 1.807) is 0 Å². The Morgan fingerprint density at radius 1 is 0.500 bits per heavy atom. The Hall–Kier alpha value is -5.58. The predicted molar refractivity (Wildman–Crippen MR) is 181 cm³/mol. The van der Waals surface area contributed by atoms with Gasteiger partial charge >= 0.3 is 0 Å². The lowest BCUT2D eigenvalue weighted by atomic mass is 9.93. The maximum atomic E-state index is 5.30. The molecule has 44 heavy (non-hydrogen) atoms. The lowest BCUT2D eigenvalue weighted by Crippen LogP contribution is -2.45. The first-order chi connectivity index (χ1) is 21.8. The van der Waals surface area contributed by atoms with Crippen molar-refractivity contribution in [2.45, 2.75) is 12.3 Å². The van der Waals surface area contributed by atoms with Gasteiger partial charge in [0.05, 0.1) is 11.4 Å². The van der Waals surface area contributed by atoms with E-state index in [1.165, 1.54) is 32.7 Å². The molecule has 0 saturated heterocycles. The second kappa shape index (κ2) is 11.3. The van der Waals surface area contributed by atoms with Crippen LogP contribution in [0, 0.1) is 0 Å². The zero-order valence-corrected chi connectivity index (χ0v) is 24.1. The third-order valence-electron chi connectivity index (χ3n) is 8.36. The van der Waals surface area contributed by atoms with Crippen LogP contribution in [0.1, 0.15) is 29.2 Å². The zero-order valence-electron chi connectivity index (χ0n) is 24.1. The van der Waals surface area contributed by atoms with Crippen LogP contribution in [0.2, 0.25) is 0 Å². The van der Waals surface area contributed by atoms with E-state index in [-0.39, 0.29) is 12.3 Å². The van der Waals surface area contributed by atoms with Crippen LogP contribution >= 0.6 is 0 Å². The number of aliphatic imine (C=N–C) groups is 1. The van der Waals surface area contributed by atoms with Gasteiger partial charge < -0.3 is 5.32 Å². The van der Waals surface area contributed by atoms with Gasteiger partial charge in [-0.1, -0.05) is 140 Å². The maximum absolute atomic E-state index is 5.30. The van der Waals surface area contributed by atoms with Crippen LogP contribution in [0.15, 0.2) is 163 Å². The van der Waals surface area contributed by atoms with E-state index in [4.69, 9.17) is 9.98 Å². The minimum Gasteiger partial charge on any atom is -0.349 e. The van der Waals surface area contributed by atoms with E-state index in [0.29, 0.717) is 0 Å². The Kier molecular flexibility index (Phi) is 6.67. The van der Waals surface area contributed by atoms with E-state index in [1.807, 2.05) is 18.2 Å². The van der Waals surface area contributed by atoms with Gasteiger partial charge in [-0.05, 0) is 56.4 Å². The van der Waals surface area contributed by atoms with Crippen molar-refractivity contribution in [2.24, 2.45) is 4.99 Å². The topological polar surface area (TPSA) is 49.3 Å². The summed E-state index contributed by atoms with van der Waals surface area (Å²) in [5.41, 5.74) is 7.53. The molecule has 0 bridgehead atoms. The molecule has 0 fully saturated rings. The lowest BCUT2D eigenvalue weighted by Gasteiger charge is -2.32. The molecule has 0 amide bonds. The van der Waals surface area contributed by atoms with Crippen molar-refractivity contribution >= 4 is 27.4 Å². The molecule has 2 N–H and O–H groups in total. The van der Waals surface area contributed by atoms with Gasteiger partial charge in [0.1, 0.15) is 18.2 Å². The second-order valence-corrected chi connectivity index (χ2v) is 11.1. The molecule has 0 spiro atoms.